The number of ether oxygens (including phenoxy) is 1. The van der Waals surface area contributed by atoms with E-state index in [1.54, 1.807) is 0 Å². The fourth-order valence-corrected chi connectivity index (χ4v) is 1.11. The third-order valence-corrected chi connectivity index (χ3v) is 2.42. The molecule has 0 aliphatic heterocycles. The van der Waals surface area contributed by atoms with Crippen molar-refractivity contribution in [3.05, 3.63) is 17.0 Å². The Balaban J connectivity index is 2.98. The van der Waals surface area contributed by atoms with Crippen LogP contribution in [0, 0.1) is 6.92 Å². The Labute approximate surface area is 112 Å². The molecule has 0 amide bonds. The van der Waals surface area contributed by atoms with Crippen LogP contribution in [0.4, 0.5) is 26.3 Å². The number of carbonyl (C=O) groups excluding carboxylic acids is 1. The van der Waals surface area contributed by atoms with E-state index in [2.05, 4.69) is 14.7 Å². The van der Waals surface area contributed by atoms with Crippen molar-refractivity contribution in [2.24, 2.45) is 0 Å². The van der Waals surface area contributed by atoms with Crippen LogP contribution in [0.15, 0.2) is 6.33 Å². The summed E-state index contributed by atoms with van der Waals surface area (Å²) >= 11 is 5.46. The highest BCUT2D eigenvalue weighted by Crippen LogP contribution is 2.36. The van der Waals surface area contributed by atoms with Crippen molar-refractivity contribution in [2.75, 3.05) is 0 Å². The van der Waals surface area contributed by atoms with Crippen molar-refractivity contribution < 1.29 is 35.9 Å². The van der Waals surface area contributed by atoms with E-state index in [0.717, 1.165) is 6.33 Å². The van der Waals surface area contributed by atoms with Crippen LogP contribution < -0.4 is 4.74 Å². The zero-order valence-corrected chi connectivity index (χ0v) is 10.3. The number of carbonyl (C=O) groups is 1. The van der Waals surface area contributed by atoms with E-state index < -0.39 is 30.1 Å². The number of nitrogens with zero attached hydrogens (tertiary/aromatic N) is 2. The topological polar surface area (TPSA) is 52.1 Å². The number of hydrogen-bond acceptors (Lipinski definition) is 4. The minimum atomic E-state index is -5.92. The highest BCUT2D eigenvalue weighted by molar-refractivity contribution is 6.30. The predicted octanol–water partition coefficient (Wildman–Crippen LogP) is 2.88. The van der Waals surface area contributed by atoms with Crippen LogP contribution in [-0.4, -0.2) is 34.2 Å². The summed E-state index contributed by atoms with van der Waals surface area (Å²) in [7, 11) is 0. The quantitative estimate of drug-likeness (QED) is 0.488. The molecular weight excluding hydrogens is 318 g/mol. The molecule has 0 spiro atoms. The van der Waals surface area contributed by atoms with E-state index in [0.29, 0.717) is 0 Å². The second-order valence-electron chi connectivity index (χ2n) is 3.51. The summed E-state index contributed by atoms with van der Waals surface area (Å²) < 4.78 is 78.1. The van der Waals surface area contributed by atoms with E-state index in [9.17, 15) is 31.1 Å². The maximum absolute atomic E-state index is 13.0. The number of halogens is 7. The van der Waals surface area contributed by atoms with Gasteiger partial charge in [0.2, 0.25) is 5.88 Å². The van der Waals surface area contributed by atoms with E-state index in [1.165, 1.54) is 6.92 Å². The van der Waals surface area contributed by atoms with Crippen molar-refractivity contribution in [3.63, 3.8) is 0 Å². The van der Waals surface area contributed by atoms with Gasteiger partial charge in [-0.1, -0.05) is 11.6 Å². The average Bonchev–Trinajstić information content (AvgIpc) is 2.32. The number of rotatable bonds is 3. The molecule has 11 heteroatoms. The van der Waals surface area contributed by atoms with Crippen molar-refractivity contribution in [1.29, 1.82) is 0 Å². The van der Waals surface area contributed by atoms with E-state index >= 15 is 0 Å². The monoisotopic (exact) mass is 322 g/mol. The molecule has 4 nitrogen and oxygen atoms in total. The second-order valence-corrected chi connectivity index (χ2v) is 3.87. The van der Waals surface area contributed by atoms with Crippen LogP contribution in [0.25, 0.3) is 0 Å². The van der Waals surface area contributed by atoms with Gasteiger partial charge < -0.3 is 4.74 Å². The molecule has 0 aliphatic carbocycles. The van der Waals surface area contributed by atoms with Crippen LogP contribution in [0.1, 0.15) is 5.56 Å². The zero-order chi connectivity index (χ0) is 15.7. The van der Waals surface area contributed by atoms with Gasteiger partial charge in [-0.2, -0.15) is 22.0 Å². The Morgan fingerprint density at radius 1 is 1.30 bits per heavy atom. The average molecular weight is 323 g/mol. The molecule has 0 aromatic carbocycles. The summed E-state index contributed by atoms with van der Waals surface area (Å²) in [6.45, 7) is 1.17. The Morgan fingerprint density at radius 3 is 2.35 bits per heavy atom. The number of alkyl halides is 6. The lowest BCUT2D eigenvalue weighted by atomic mass is 10.2. The van der Waals surface area contributed by atoms with Gasteiger partial charge in [0.1, 0.15) is 11.5 Å². The van der Waals surface area contributed by atoms with Gasteiger partial charge in [-0.15, -0.1) is 0 Å². The molecule has 0 saturated carbocycles. The number of aromatic nitrogens is 2. The first-order valence-corrected chi connectivity index (χ1v) is 5.13. The minimum absolute atomic E-state index is 0.166. The molecule has 0 bridgehead atoms. The zero-order valence-electron chi connectivity index (χ0n) is 9.51. The maximum atomic E-state index is 13.0. The first-order valence-electron chi connectivity index (χ1n) is 4.76. The highest BCUT2D eigenvalue weighted by atomic mass is 35.5. The second kappa shape index (κ2) is 5.43. The van der Waals surface area contributed by atoms with Crippen molar-refractivity contribution in [2.45, 2.75) is 25.2 Å². The molecule has 0 saturated heterocycles. The van der Waals surface area contributed by atoms with Gasteiger partial charge in [-0.3, -0.25) is 0 Å². The van der Waals surface area contributed by atoms with Gasteiger partial charge in [-0.25, -0.2) is 19.2 Å². The molecule has 0 radical (unpaired) electrons. The number of hydrogen-bond donors (Lipinski definition) is 0. The van der Waals surface area contributed by atoms with Gasteiger partial charge >= 0.3 is 18.1 Å². The van der Waals surface area contributed by atoms with Gasteiger partial charge in [0.15, 0.2) is 0 Å². The third kappa shape index (κ3) is 3.30. The standard InChI is InChI=1S/C9H5ClF6N2O2/c1-3-4(10)17-2-18-5(3)20-7(19)8(12,13)6(11)9(14,15)16/h2,6H,1H3. The Bertz CT molecular complexity index is 522. The van der Waals surface area contributed by atoms with Gasteiger partial charge in [0, 0.05) is 5.56 Å². The molecule has 1 aromatic rings. The maximum Gasteiger partial charge on any atom is 0.426 e. The Morgan fingerprint density at radius 2 is 1.85 bits per heavy atom. The molecule has 1 unspecified atom stereocenters. The molecule has 20 heavy (non-hydrogen) atoms. The van der Waals surface area contributed by atoms with Gasteiger partial charge in [-0.05, 0) is 6.92 Å². The molecule has 0 N–H and O–H groups in total. The van der Waals surface area contributed by atoms with Crippen LogP contribution in [-0.2, 0) is 4.79 Å². The van der Waals surface area contributed by atoms with Gasteiger partial charge in [0.05, 0.1) is 0 Å². The summed E-state index contributed by atoms with van der Waals surface area (Å²) in [6.07, 6.45) is -9.88. The highest BCUT2D eigenvalue weighted by Gasteiger charge is 2.62. The first kappa shape index (κ1) is 16.5. The van der Waals surface area contributed by atoms with Crippen LogP contribution in [0.5, 0.6) is 5.88 Å². The lowest BCUT2D eigenvalue weighted by Crippen LogP contribution is -2.49. The molecule has 0 aliphatic rings. The molecular formula is C9H5ClF6N2O2. The molecule has 1 aromatic heterocycles. The SMILES string of the molecule is Cc1c(Cl)ncnc1OC(=O)C(F)(F)C(F)C(F)(F)F. The lowest BCUT2D eigenvalue weighted by Gasteiger charge is -2.20. The normalized spacial score (nSPS) is 14.0. The summed E-state index contributed by atoms with van der Waals surface area (Å²) in [5.74, 6) is -8.94. The summed E-state index contributed by atoms with van der Waals surface area (Å²) in [4.78, 5) is 17.6. The summed E-state index contributed by atoms with van der Waals surface area (Å²) in [5.41, 5.74) is -0.166. The van der Waals surface area contributed by atoms with E-state index in [-0.39, 0.29) is 10.7 Å². The van der Waals surface area contributed by atoms with Gasteiger partial charge in [0.25, 0.3) is 6.17 Å². The van der Waals surface area contributed by atoms with Crippen LogP contribution in [0.2, 0.25) is 5.15 Å². The summed E-state index contributed by atoms with van der Waals surface area (Å²) in [5, 5.41) is -0.265. The third-order valence-electron chi connectivity index (χ3n) is 2.04. The molecule has 1 rings (SSSR count). The van der Waals surface area contributed by atoms with Crippen molar-refractivity contribution in [1.82, 2.24) is 9.97 Å². The fourth-order valence-electron chi connectivity index (χ4n) is 0.982. The van der Waals surface area contributed by atoms with E-state index in [4.69, 9.17) is 11.6 Å². The minimum Gasteiger partial charge on any atom is -0.402 e. The Kier molecular flexibility index (Phi) is 4.47. The summed E-state index contributed by atoms with van der Waals surface area (Å²) in [6, 6.07) is 0. The van der Waals surface area contributed by atoms with Crippen LogP contribution in [0.3, 0.4) is 0 Å². The Hall–Kier alpha value is -1.58. The molecule has 1 heterocycles. The lowest BCUT2D eigenvalue weighted by molar-refractivity contribution is -0.246. The smallest absolute Gasteiger partial charge is 0.402 e. The molecule has 0 fully saturated rings. The largest absolute Gasteiger partial charge is 0.426 e. The fraction of sp³-hybridized carbons (Fsp3) is 0.444. The number of esters is 1. The predicted molar refractivity (Wildman–Crippen MR) is 53.3 cm³/mol. The van der Waals surface area contributed by atoms with Crippen molar-refractivity contribution >= 4 is 17.6 Å². The molecule has 1 atom stereocenters. The molecule has 112 valence electrons. The van der Waals surface area contributed by atoms with Crippen molar-refractivity contribution in [3.8, 4) is 5.88 Å². The van der Waals surface area contributed by atoms with Crippen LogP contribution >= 0.6 is 11.6 Å². The van der Waals surface area contributed by atoms with E-state index in [1.807, 2.05) is 0 Å². The first-order chi connectivity index (χ1) is 8.98.